The van der Waals surface area contributed by atoms with Gasteiger partial charge in [0.25, 0.3) is 0 Å². The van der Waals surface area contributed by atoms with Gasteiger partial charge in [-0.2, -0.15) is 0 Å². The zero-order valence-electron chi connectivity index (χ0n) is 12.6. The fourth-order valence-corrected chi connectivity index (χ4v) is 3.26. The number of carbonyl (C=O) groups excluding carboxylic acids is 1. The van der Waals surface area contributed by atoms with E-state index in [0.29, 0.717) is 18.0 Å². The molecule has 1 amide bonds. The average Bonchev–Trinajstić information content (AvgIpc) is 2.30. The van der Waals surface area contributed by atoms with Gasteiger partial charge in [0.1, 0.15) is 0 Å². The highest BCUT2D eigenvalue weighted by molar-refractivity contribution is 5.78. The minimum Gasteiger partial charge on any atom is -0.355 e. The number of amides is 1. The highest BCUT2D eigenvalue weighted by Crippen LogP contribution is 2.21. The summed E-state index contributed by atoms with van der Waals surface area (Å²) in [5, 5.41) is 6.34. The lowest BCUT2D eigenvalue weighted by molar-refractivity contribution is -0.126. The monoisotopic (exact) mass is 267 g/mol. The SMILES string of the molecule is CC(C(=O)NCCN1C(C)CCCC1C)C1CNC1. The fraction of sp³-hybridized carbons (Fsp3) is 0.933. The maximum atomic E-state index is 12.0. The Labute approximate surface area is 117 Å². The summed E-state index contributed by atoms with van der Waals surface area (Å²) in [7, 11) is 0. The molecule has 0 radical (unpaired) electrons. The lowest BCUT2D eigenvalue weighted by atomic mass is 9.88. The molecule has 2 heterocycles. The van der Waals surface area contributed by atoms with Gasteiger partial charge in [-0.05, 0) is 45.7 Å². The Hall–Kier alpha value is -0.610. The van der Waals surface area contributed by atoms with E-state index in [1.807, 2.05) is 6.92 Å². The molecule has 19 heavy (non-hydrogen) atoms. The Balaban J connectivity index is 1.68. The molecule has 0 aromatic rings. The zero-order chi connectivity index (χ0) is 13.8. The van der Waals surface area contributed by atoms with Gasteiger partial charge in [-0.3, -0.25) is 9.69 Å². The van der Waals surface area contributed by atoms with E-state index in [1.54, 1.807) is 0 Å². The number of rotatable bonds is 5. The van der Waals surface area contributed by atoms with Crippen LogP contribution in [0.5, 0.6) is 0 Å². The van der Waals surface area contributed by atoms with Crippen LogP contribution < -0.4 is 10.6 Å². The maximum absolute atomic E-state index is 12.0. The molecule has 2 saturated heterocycles. The largest absolute Gasteiger partial charge is 0.355 e. The second-order valence-electron chi connectivity index (χ2n) is 6.36. The van der Waals surface area contributed by atoms with Crippen LogP contribution in [0.2, 0.25) is 0 Å². The first kappa shape index (κ1) is 14.8. The number of hydrogen-bond donors (Lipinski definition) is 2. The first-order valence-electron chi connectivity index (χ1n) is 7.83. The van der Waals surface area contributed by atoms with Crippen molar-refractivity contribution >= 4 is 5.91 Å². The molecule has 3 atom stereocenters. The smallest absolute Gasteiger partial charge is 0.223 e. The third-order valence-corrected chi connectivity index (χ3v) is 4.98. The quantitative estimate of drug-likeness (QED) is 0.787. The number of nitrogens with one attached hydrogen (secondary N) is 2. The highest BCUT2D eigenvalue weighted by atomic mass is 16.1. The summed E-state index contributed by atoms with van der Waals surface area (Å²) < 4.78 is 0. The minimum absolute atomic E-state index is 0.150. The summed E-state index contributed by atoms with van der Waals surface area (Å²) in [5.41, 5.74) is 0. The standard InChI is InChI=1S/C15H29N3O/c1-11-5-4-6-12(2)18(11)8-7-17-15(19)13(3)14-9-16-10-14/h11-14,16H,4-10H2,1-3H3,(H,17,19). The molecule has 0 aliphatic carbocycles. The third kappa shape index (κ3) is 3.69. The van der Waals surface area contributed by atoms with Crippen LogP contribution in [0.1, 0.15) is 40.0 Å². The zero-order valence-corrected chi connectivity index (χ0v) is 12.6. The molecule has 0 aromatic heterocycles. The molecular formula is C15H29N3O. The molecule has 2 fully saturated rings. The van der Waals surface area contributed by atoms with Gasteiger partial charge in [-0.25, -0.2) is 0 Å². The van der Waals surface area contributed by atoms with Crippen LogP contribution in [-0.2, 0) is 4.79 Å². The molecule has 0 bridgehead atoms. The fourth-order valence-electron chi connectivity index (χ4n) is 3.26. The van der Waals surface area contributed by atoms with E-state index >= 15 is 0 Å². The summed E-state index contributed by atoms with van der Waals surface area (Å²) in [6.07, 6.45) is 3.93. The van der Waals surface area contributed by atoms with Gasteiger partial charge in [-0.15, -0.1) is 0 Å². The lowest BCUT2D eigenvalue weighted by Gasteiger charge is -2.39. The molecule has 0 spiro atoms. The lowest BCUT2D eigenvalue weighted by Crippen LogP contribution is -2.51. The van der Waals surface area contributed by atoms with Gasteiger partial charge in [0.05, 0.1) is 0 Å². The molecule has 110 valence electrons. The van der Waals surface area contributed by atoms with Crippen molar-refractivity contribution in [3.8, 4) is 0 Å². The van der Waals surface area contributed by atoms with Crippen molar-refractivity contribution in [1.29, 1.82) is 0 Å². The number of nitrogens with zero attached hydrogens (tertiary/aromatic N) is 1. The van der Waals surface area contributed by atoms with Crippen molar-refractivity contribution in [2.75, 3.05) is 26.2 Å². The minimum atomic E-state index is 0.150. The number of carbonyl (C=O) groups is 1. The van der Waals surface area contributed by atoms with Gasteiger partial charge < -0.3 is 10.6 Å². The summed E-state index contributed by atoms with van der Waals surface area (Å²) in [6, 6.07) is 1.32. The van der Waals surface area contributed by atoms with Crippen molar-refractivity contribution in [1.82, 2.24) is 15.5 Å². The number of likely N-dealkylation sites (tertiary alicyclic amines) is 1. The van der Waals surface area contributed by atoms with Crippen LogP contribution in [0.4, 0.5) is 0 Å². The van der Waals surface area contributed by atoms with Crippen molar-refractivity contribution < 1.29 is 4.79 Å². The second kappa shape index (κ2) is 6.71. The van der Waals surface area contributed by atoms with Gasteiger partial charge in [-0.1, -0.05) is 13.3 Å². The van der Waals surface area contributed by atoms with Crippen LogP contribution in [0.3, 0.4) is 0 Å². The molecule has 0 saturated carbocycles. The Kier molecular flexibility index (Phi) is 5.22. The second-order valence-corrected chi connectivity index (χ2v) is 6.36. The Bertz CT molecular complexity index is 294. The first-order chi connectivity index (χ1) is 9.09. The van der Waals surface area contributed by atoms with Crippen molar-refractivity contribution in [2.45, 2.75) is 52.1 Å². The third-order valence-electron chi connectivity index (χ3n) is 4.98. The molecule has 2 N–H and O–H groups in total. The summed E-state index contributed by atoms with van der Waals surface area (Å²) >= 11 is 0. The topological polar surface area (TPSA) is 44.4 Å². The van der Waals surface area contributed by atoms with Crippen molar-refractivity contribution in [3.05, 3.63) is 0 Å². The van der Waals surface area contributed by atoms with Crippen LogP contribution in [0, 0.1) is 11.8 Å². The van der Waals surface area contributed by atoms with E-state index in [4.69, 9.17) is 0 Å². The van der Waals surface area contributed by atoms with E-state index in [0.717, 1.165) is 26.2 Å². The average molecular weight is 267 g/mol. The molecule has 0 aromatic carbocycles. The molecule has 2 rings (SSSR count). The first-order valence-corrected chi connectivity index (χ1v) is 7.83. The molecule has 3 unspecified atom stereocenters. The van der Waals surface area contributed by atoms with Gasteiger partial charge in [0.15, 0.2) is 0 Å². The summed E-state index contributed by atoms with van der Waals surface area (Å²) in [4.78, 5) is 14.6. The van der Waals surface area contributed by atoms with Gasteiger partial charge in [0, 0.05) is 31.1 Å². The number of piperidine rings is 1. The van der Waals surface area contributed by atoms with E-state index in [1.165, 1.54) is 19.3 Å². The maximum Gasteiger partial charge on any atom is 0.223 e. The van der Waals surface area contributed by atoms with Crippen LogP contribution in [-0.4, -0.2) is 49.1 Å². The van der Waals surface area contributed by atoms with Crippen molar-refractivity contribution in [2.24, 2.45) is 11.8 Å². The normalized spacial score (nSPS) is 30.7. The number of hydrogen-bond acceptors (Lipinski definition) is 3. The van der Waals surface area contributed by atoms with Gasteiger partial charge >= 0.3 is 0 Å². The molecular weight excluding hydrogens is 238 g/mol. The summed E-state index contributed by atoms with van der Waals surface area (Å²) in [6.45, 7) is 10.4. The van der Waals surface area contributed by atoms with Crippen molar-refractivity contribution in [3.63, 3.8) is 0 Å². The Morgan fingerprint density at radius 3 is 2.47 bits per heavy atom. The van der Waals surface area contributed by atoms with Crippen LogP contribution >= 0.6 is 0 Å². The van der Waals surface area contributed by atoms with Crippen LogP contribution in [0.25, 0.3) is 0 Å². The highest BCUT2D eigenvalue weighted by Gasteiger charge is 2.29. The van der Waals surface area contributed by atoms with Crippen LogP contribution in [0.15, 0.2) is 0 Å². The van der Waals surface area contributed by atoms with E-state index in [-0.39, 0.29) is 11.8 Å². The predicted molar refractivity (Wildman–Crippen MR) is 78.0 cm³/mol. The predicted octanol–water partition coefficient (Wildman–Crippen LogP) is 1.22. The molecule has 4 nitrogen and oxygen atoms in total. The molecule has 4 heteroatoms. The molecule has 2 aliphatic heterocycles. The Morgan fingerprint density at radius 1 is 1.32 bits per heavy atom. The van der Waals surface area contributed by atoms with Gasteiger partial charge in [0.2, 0.25) is 5.91 Å². The summed E-state index contributed by atoms with van der Waals surface area (Å²) in [5.74, 6) is 0.911. The van der Waals surface area contributed by atoms with E-state index in [2.05, 4.69) is 29.4 Å². The molecule has 2 aliphatic rings. The Morgan fingerprint density at radius 2 is 1.95 bits per heavy atom. The van der Waals surface area contributed by atoms with E-state index in [9.17, 15) is 4.79 Å². The van der Waals surface area contributed by atoms with E-state index < -0.39 is 0 Å².